The van der Waals surface area contributed by atoms with Gasteiger partial charge in [0.1, 0.15) is 5.75 Å². The second kappa shape index (κ2) is 14.0. The van der Waals surface area contributed by atoms with Crippen molar-refractivity contribution in [2.24, 2.45) is 0 Å². The Morgan fingerprint density at radius 1 is 1.00 bits per heavy atom. The summed E-state index contributed by atoms with van der Waals surface area (Å²) in [6.45, 7) is 7.29. The third-order valence-corrected chi connectivity index (χ3v) is 11.2. The standard InChI is InChI=1S/C36H47N5O6S/c1-23-20-40(21-24(2)47-23)16-15-37-35(42)28-17-27-18-29(46-5)12-14-30(27)34-33(25-9-7-6-8-10-25)31-13-11-26(19-32(31)41(34)22-28)36(43)38-48(44,45)39(3)4/h11-14,17-19,23-25H,6-10,15-16,20-22H2,1-5H3,(H,37,42)(H,38,43)/t23-,24+. The van der Waals surface area contributed by atoms with E-state index in [-0.39, 0.29) is 30.2 Å². The smallest absolute Gasteiger partial charge is 0.303 e. The molecule has 0 unspecified atom stereocenters. The van der Waals surface area contributed by atoms with E-state index in [0.29, 0.717) is 23.8 Å². The Bertz CT molecular complexity index is 1830. The van der Waals surface area contributed by atoms with Gasteiger partial charge >= 0.3 is 10.2 Å². The summed E-state index contributed by atoms with van der Waals surface area (Å²) in [4.78, 5) is 29.5. The van der Waals surface area contributed by atoms with Crippen molar-refractivity contribution in [1.29, 1.82) is 0 Å². The predicted molar refractivity (Wildman–Crippen MR) is 187 cm³/mol. The van der Waals surface area contributed by atoms with E-state index >= 15 is 0 Å². The lowest BCUT2D eigenvalue weighted by atomic mass is 9.81. The highest BCUT2D eigenvalue weighted by Gasteiger charge is 2.31. The van der Waals surface area contributed by atoms with E-state index in [1.54, 1.807) is 19.2 Å². The zero-order valence-electron chi connectivity index (χ0n) is 28.5. The van der Waals surface area contributed by atoms with Gasteiger partial charge in [-0.2, -0.15) is 12.7 Å². The number of nitrogens with zero attached hydrogens (tertiary/aromatic N) is 3. The van der Waals surface area contributed by atoms with Crippen molar-refractivity contribution in [1.82, 2.24) is 23.8 Å². The number of ether oxygens (including phenoxy) is 2. The zero-order valence-corrected chi connectivity index (χ0v) is 29.4. The van der Waals surface area contributed by atoms with Gasteiger partial charge in [0.25, 0.3) is 5.91 Å². The largest absolute Gasteiger partial charge is 0.497 e. The van der Waals surface area contributed by atoms with Gasteiger partial charge in [0.15, 0.2) is 0 Å². The minimum Gasteiger partial charge on any atom is -0.497 e. The van der Waals surface area contributed by atoms with Crippen LogP contribution in [0.15, 0.2) is 42.0 Å². The highest BCUT2D eigenvalue weighted by atomic mass is 32.2. The van der Waals surface area contributed by atoms with Crippen molar-refractivity contribution >= 4 is 39.0 Å². The van der Waals surface area contributed by atoms with Crippen molar-refractivity contribution in [2.45, 2.75) is 70.6 Å². The van der Waals surface area contributed by atoms with Gasteiger partial charge in [-0.1, -0.05) is 25.3 Å². The first-order valence-electron chi connectivity index (χ1n) is 16.9. The van der Waals surface area contributed by atoms with Crippen LogP contribution in [0.1, 0.15) is 73.4 Å². The molecule has 2 aliphatic heterocycles. The highest BCUT2D eigenvalue weighted by Crippen LogP contribution is 2.47. The quantitative estimate of drug-likeness (QED) is 0.342. The van der Waals surface area contributed by atoms with Crippen LogP contribution in [0.3, 0.4) is 0 Å². The monoisotopic (exact) mass is 677 g/mol. The third kappa shape index (κ3) is 7.03. The average molecular weight is 678 g/mol. The van der Waals surface area contributed by atoms with E-state index in [1.807, 2.05) is 24.3 Å². The van der Waals surface area contributed by atoms with E-state index in [0.717, 1.165) is 77.3 Å². The van der Waals surface area contributed by atoms with E-state index in [1.165, 1.54) is 26.1 Å². The molecule has 1 saturated heterocycles. The lowest BCUT2D eigenvalue weighted by Gasteiger charge is -2.35. The lowest BCUT2D eigenvalue weighted by molar-refractivity contribution is -0.117. The topological polar surface area (TPSA) is 122 Å². The van der Waals surface area contributed by atoms with Crippen LogP contribution in [-0.2, 0) is 26.3 Å². The van der Waals surface area contributed by atoms with Gasteiger partial charge in [0.05, 0.1) is 31.6 Å². The normalized spacial score (nSPS) is 20.5. The van der Waals surface area contributed by atoms with Crippen LogP contribution in [0, 0.1) is 0 Å². The molecule has 2 fully saturated rings. The van der Waals surface area contributed by atoms with Crippen LogP contribution >= 0.6 is 0 Å². The molecule has 1 aliphatic carbocycles. The molecule has 2 amide bonds. The van der Waals surface area contributed by atoms with E-state index in [2.05, 4.69) is 39.4 Å². The number of fused-ring (bicyclic) bond motifs is 5. The number of methoxy groups -OCH3 is 1. The maximum absolute atomic E-state index is 13.9. The summed E-state index contributed by atoms with van der Waals surface area (Å²) < 4.78 is 41.8. The molecule has 3 heterocycles. The first-order valence-corrected chi connectivity index (χ1v) is 18.3. The fourth-order valence-electron chi connectivity index (χ4n) is 7.50. The molecule has 11 nitrogen and oxygen atoms in total. The molecule has 0 bridgehead atoms. The van der Waals surface area contributed by atoms with Crippen LogP contribution < -0.4 is 14.8 Å². The molecule has 3 aromatic rings. The zero-order chi connectivity index (χ0) is 34.2. The van der Waals surface area contributed by atoms with Gasteiger partial charge in [-0.3, -0.25) is 14.5 Å². The number of nitrogens with one attached hydrogen (secondary N) is 2. The maximum Gasteiger partial charge on any atom is 0.303 e. The van der Waals surface area contributed by atoms with Crippen LogP contribution in [0.2, 0.25) is 0 Å². The number of morpholine rings is 1. The van der Waals surface area contributed by atoms with Crippen molar-refractivity contribution < 1.29 is 27.5 Å². The number of benzene rings is 2. The van der Waals surface area contributed by atoms with Crippen LogP contribution in [0.25, 0.3) is 28.2 Å². The summed E-state index contributed by atoms with van der Waals surface area (Å²) in [7, 11) is 0.395. The molecular formula is C36H47N5O6S. The Labute approximate surface area is 283 Å². The van der Waals surface area contributed by atoms with E-state index < -0.39 is 16.1 Å². The fraction of sp³-hybridized carbons (Fsp3) is 0.500. The number of carbonyl (C=O) groups excluding carboxylic acids is 2. The Hall–Kier alpha value is -3.71. The first-order chi connectivity index (χ1) is 22.9. The molecule has 1 saturated carbocycles. The van der Waals surface area contributed by atoms with E-state index in [4.69, 9.17) is 9.47 Å². The van der Waals surface area contributed by atoms with Gasteiger partial charge in [0.2, 0.25) is 5.91 Å². The summed E-state index contributed by atoms with van der Waals surface area (Å²) >= 11 is 0. The molecule has 2 atom stereocenters. The Morgan fingerprint density at radius 3 is 2.42 bits per heavy atom. The Balaban J connectivity index is 1.42. The second-order valence-corrected chi connectivity index (χ2v) is 15.4. The number of carbonyl (C=O) groups is 2. The molecule has 48 heavy (non-hydrogen) atoms. The highest BCUT2D eigenvalue weighted by molar-refractivity contribution is 7.87. The molecule has 6 rings (SSSR count). The second-order valence-electron chi connectivity index (χ2n) is 13.5. The SMILES string of the molecule is COc1ccc2c(c1)C=C(C(=O)NCCN1C[C@@H](C)O[C@@H](C)C1)Cn1c-2c(C2CCCCC2)c2ccc(C(=O)NS(=O)(=O)N(C)C)cc21. The molecule has 12 heteroatoms. The summed E-state index contributed by atoms with van der Waals surface area (Å²) in [5.41, 5.74) is 5.74. The van der Waals surface area contributed by atoms with Crippen LogP contribution in [0.5, 0.6) is 5.75 Å². The number of hydrogen-bond acceptors (Lipinski definition) is 7. The fourth-order valence-corrected chi connectivity index (χ4v) is 8.03. The average Bonchev–Trinajstić information content (AvgIpc) is 3.26. The van der Waals surface area contributed by atoms with Crippen molar-refractivity contribution in [3.63, 3.8) is 0 Å². The Morgan fingerprint density at radius 2 is 1.73 bits per heavy atom. The molecule has 258 valence electrons. The summed E-state index contributed by atoms with van der Waals surface area (Å²) in [6.07, 6.45) is 7.85. The summed E-state index contributed by atoms with van der Waals surface area (Å²) in [5.74, 6) is 0.150. The van der Waals surface area contributed by atoms with Gasteiger partial charge in [-0.15, -0.1) is 0 Å². The third-order valence-electron chi connectivity index (χ3n) is 9.75. The van der Waals surface area contributed by atoms with Gasteiger partial charge in [-0.05, 0) is 80.1 Å². The number of amides is 2. The molecule has 2 N–H and O–H groups in total. The molecule has 3 aliphatic rings. The minimum absolute atomic E-state index is 0.147. The summed E-state index contributed by atoms with van der Waals surface area (Å²) in [6, 6.07) is 11.4. The van der Waals surface area contributed by atoms with Crippen molar-refractivity contribution in [2.75, 3.05) is 47.4 Å². The van der Waals surface area contributed by atoms with Gasteiger partial charge in [0, 0.05) is 67.9 Å². The van der Waals surface area contributed by atoms with Crippen LogP contribution in [-0.4, -0.2) is 93.6 Å². The van der Waals surface area contributed by atoms with Gasteiger partial charge in [-0.25, -0.2) is 4.72 Å². The maximum atomic E-state index is 13.9. The number of hydrogen-bond donors (Lipinski definition) is 2. The molecule has 1 aromatic heterocycles. The summed E-state index contributed by atoms with van der Waals surface area (Å²) in [5, 5.41) is 4.18. The van der Waals surface area contributed by atoms with Crippen molar-refractivity contribution in [3.05, 3.63) is 58.7 Å². The van der Waals surface area contributed by atoms with Gasteiger partial charge < -0.3 is 19.4 Å². The molecule has 0 spiro atoms. The Kier molecular flexibility index (Phi) is 9.98. The van der Waals surface area contributed by atoms with E-state index in [9.17, 15) is 18.0 Å². The predicted octanol–water partition coefficient (Wildman–Crippen LogP) is 4.52. The van der Waals surface area contributed by atoms with Crippen LogP contribution in [0.4, 0.5) is 0 Å². The van der Waals surface area contributed by atoms with Crippen molar-refractivity contribution in [3.8, 4) is 17.0 Å². The molecule has 2 aromatic carbocycles. The molecule has 0 radical (unpaired) electrons. The minimum atomic E-state index is -3.98. The number of aromatic nitrogens is 1. The molecular weight excluding hydrogens is 630 g/mol. The first kappa shape index (κ1) is 34.2. The number of rotatable bonds is 9. The lowest BCUT2D eigenvalue weighted by Crippen LogP contribution is -2.48.